The number of nitrogens with one attached hydrogen (secondary N) is 2. The molecule has 4 heterocycles. The third-order valence-corrected chi connectivity index (χ3v) is 5.69. The maximum Gasteiger partial charge on any atom is 0.196 e. The van der Waals surface area contributed by atoms with Gasteiger partial charge in [0.15, 0.2) is 11.6 Å². The summed E-state index contributed by atoms with van der Waals surface area (Å²) in [7, 11) is 1.59. The molecule has 3 aromatic heterocycles. The summed E-state index contributed by atoms with van der Waals surface area (Å²) in [6.45, 7) is 7.94. The Bertz CT molecular complexity index is 1090. The zero-order chi connectivity index (χ0) is 21.3. The van der Waals surface area contributed by atoms with Crippen LogP contribution < -0.4 is 20.7 Å². The number of ether oxygens (including phenoxy) is 1. The SMILES string of the molecule is COc1cc(-c2[nH]c3cnc(N4CCNCC4)c(Cl)c3c2C(C)C)cnc1N=CN. The fourth-order valence-electron chi connectivity index (χ4n) is 3.96. The minimum Gasteiger partial charge on any atom is -0.493 e. The predicted molar refractivity (Wildman–Crippen MR) is 122 cm³/mol. The van der Waals surface area contributed by atoms with E-state index in [0.29, 0.717) is 16.6 Å². The lowest BCUT2D eigenvalue weighted by molar-refractivity contribution is 0.414. The number of pyridine rings is 2. The van der Waals surface area contributed by atoms with Crippen LogP contribution in [0.3, 0.4) is 0 Å². The van der Waals surface area contributed by atoms with Crippen LogP contribution in [0.25, 0.3) is 22.2 Å². The van der Waals surface area contributed by atoms with E-state index in [0.717, 1.165) is 59.7 Å². The normalized spacial score (nSPS) is 14.9. The van der Waals surface area contributed by atoms with Gasteiger partial charge in [0.25, 0.3) is 0 Å². The van der Waals surface area contributed by atoms with Crippen molar-refractivity contribution in [2.45, 2.75) is 19.8 Å². The number of H-pyrrole nitrogens is 1. The number of aliphatic imine (C=N–C) groups is 1. The Morgan fingerprint density at radius 3 is 2.70 bits per heavy atom. The Labute approximate surface area is 180 Å². The summed E-state index contributed by atoms with van der Waals surface area (Å²) in [5.74, 6) is 2.05. The lowest BCUT2D eigenvalue weighted by Gasteiger charge is -2.29. The molecule has 1 aliphatic rings. The van der Waals surface area contributed by atoms with Gasteiger partial charge >= 0.3 is 0 Å². The average molecular weight is 428 g/mol. The lowest BCUT2D eigenvalue weighted by atomic mass is 9.97. The zero-order valence-corrected chi connectivity index (χ0v) is 18.1. The molecular weight excluding hydrogens is 402 g/mol. The van der Waals surface area contributed by atoms with Crippen LogP contribution in [0.15, 0.2) is 23.5 Å². The maximum absolute atomic E-state index is 6.93. The molecule has 0 spiro atoms. The van der Waals surface area contributed by atoms with E-state index in [1.54, 1.807) is 13.3 Å². The van der Waals surface area contributed by atoms with Gasteiger partial charge in [-0.3, -0.25) is 0 Å². The smallest absolute Gasteiger partial charge is 0.196 e. The highest BCUT2D eigenvalue weighted by molar-refractivity contribution is 6.38. The van der Waals surface area contributed by atoms with Gasteiger partial charge in [0.2, 0.25) is 0 Å². The Kier molecular flexibility index (Phi) is 5.78. The third-order valence-electron chi connectivity index (χ3n) is 5.33. The molecule has 1 aliphatic heterocycles. The molecule has 0 aromatic carbocycles. The van der Waals surface area contributed by atoms with Crippen molar-refractivity contribution < 1.29 is 4.74 Å². The standard InChI is InChI=1S/C21H26ClN7O/c1-12(2)16-17-14(10-26-21(18(17)22)29-6-4-24-5-7-29)28-19(16)13-8-15(30-3)20(25-9-13)27-11-23/h8-12,24,28H,4-7H2,1-3H3,(H2,23,25,27). The van der Waals surface area contributed by atoms with Gasteiger partial charge in [-0.1, -0.05) is 25.4 Å². The molecule has 1 saturated heterocycles. The summed E-state index contributed by atoms with van der Waals surface area (Å²) in [6, 6.07) is 1.91. The van der Waals surface area contributed by atoms with Crippen molar-refractivity contribution in [2.24, 2.45) is 10.7 Å². The van der Waals surface area contributed by atoms with Crippen LogP contribution in [-0.2, 0) is 0 Å². The van der Waals surface area contributed by atoms with Crippen molar-refractivity contribution in [3.8, 4) is 17.0 Å². The molecule has 0 unspecified atom stereocenters. The quantitative estimate of drug-likeness (QED) is 0.425. The highest BCUT2D eigenvalue weighted by Crippen LogP contribution is 2.42. The molecule has 0 saturated carbocycles. The highest BCUT2D eigenvalue weighted by atomic mass is 35.5. The number of halogens is 1. The maximum atomic E-state index is 6.93. The highest BCUT2D eigenvalue weighted by Gasteiger charge is 2.24. The molecule has 9 heteroatoms. The van der Waals surface area contributed by atoms with Gasteiger partial charge in [0.1, 0.15) is 5.82 Å². The van der Waals surface area contributed by atoms with Crippen LogP contribution >= 0.6 is 11.6 Å². The fraction of sp³-hybridized carbons (Fsp3) is 0.381. The molecule has 30 heavy (non-hydrogen) atoms. The van der Waals surface area contributed by atoms with Gasteiger partial charge in [-0.25, -0.2) is 15.0 Å². The van der Waals surface area contributed by atoms with Crippen molar-refractivity contribution >= 4 is 40.5 Å². The number of aromatic nitrogens is 3. The zero-order valence-electron chi connectivity index (χ0n) is 17.4. The molecule has 0 bridgehead atoms. The summed E-state index contributed by atoms with van der Waals surface area (Å²) >= 11 is 6.93. The second-order valence-electron chi connectivity index (χ2n) is 7.52. The van der Waals surface area contributed by atoms with Crippen molar-refractivity contribution in [3.63, 3.8) is 0 Å². The van der Waals surface area contributed by atoms with Gasteiger partial charge < -0.3 is 25.7 Å². The van der Waals surface area contributed by atoms with Crippen LogP contribution in [0.4, 0.5) is 11.6 Å². The average Bonchev–Trinajstić information content (AvgIpc) is 3.16. The minimum absolute atomic E-state index is 0.234. The number of anilines is 1. The lowest BCUT2D eigenvalue weighted by Crippen LogP contribution is -2.44. The van der Waals surface area contributed by atoms with Gasteiger partial charge in [-0.15, -0.1) is 0 Å². The topological polar surface area (TPSA) is 104 Å². The molecule has 4 rings (SSSR count). The number of nitrogens with zero attached hydrogens (tertiary/aromatic N) is 4. The molecule has 0 radical (unpaired) electrons. The molecule has 1 fully saturated rings. The van der Waals surface area contributed by atoms with E-state index in [9.17, 15) is 0 Å². The molecule has 0 atom stereocenters. The van der Waals surface area contributed by atoms with E-state index in [1.807, 2.05) is 12.3 Å². The molecule has 3 aromatic rings. The first-order chi connectivity index (χ1) is 14.5. The number of fused-ring (bicyclic) bond motifs is 1. The molecule has 0 amide bonds. The first-order valence-electron chi connectivity index (χ1n) is 9.99. The number of rotatable bonds is 5. The van der Waals surface area contributed by atoms with Crippen molar-refractivity contribution in [1.82, 2.24) is 20.3 Å². The summed E-state index contributed by atoms with van der Waals surface area (Å²) < 4.78 is 5.46. The van der Waals surface area contributed by atoms with Crippen LogP contribution in [0.1, 0.15) is 25.3 Å². The summed E-state index contributed by atoms with van der Waals surface area (Å²) in [5, 5.41) is 5.06. The van der Waals surface area contributed by atoms with E-state index in [1.165, 1.54) is 6.34 Å². The predicted octanol–water partition coefficient (Wildman–Crippen LogP) is 3.44. The number of hydrogen-bond acceptors (Lipinski definition) is 6. The van der Waals surface area contributed by atoms with Crippen molar-refractivity contribution in [3.05, 3.63) is 29.0 Å². The van der Waals surface area contributed by atoms with E-state index >= 15 is 0 Å². The van der Waals surface area contributed by atoms with E-state index in [-0.39, 0.29) is 5.92 Å². The number of piperazine rings is 1. The molecule has 0 aliphatic carbocycles. The van der Waals surface area contributed by atoms with Crippen molar-refractivity contribution in [2.75, 3.05) is 38.2 Å². The Morgan fingerprint density at radius 2 is 2.03 bits per heavy atom. The van der Waals surface area contributed by atoms with Gasteiger partial charge in [-0.05, 0) is 17.5 Å². The second-order valence-corrected chi connectivity index (χ2v) is 7.90. The third kappa shape index (κ3) is 3.57. The Morgan fingerprint density at radius 1 is 1.27 bits per heavy atom. The van der Waals surface area contributed by atoms with Gasteiger partial charge in [-0.2, -0.15) is 0 Å². The van der Waals surface area contributed by atoms with Crippen LogP contribution in [0.5, 0.6) is 5.75 Å². The van der Waals surface area contributed by atoms with E-state index in [4.69, 9.17) is 22.1 Å². The van der Waals surface area contributed by atoms with E-state index < -0.39 is 0 Å². The summed E-state index contributed by atoms with van der Waals surface area (Å²) in [6.07, 6.45) is 4.84. The number of methoxy groups -OCH3 is 1. The first kappa shape index (κ1) is 20.4. The van der Waals surface area contributed by atoms with Gasteiger partial charge in [0.05, 0.1) is 35.9 Å². The minimum atomic E-state index is 0.234. The van der Waals surface area contributed by atoms with E-state index in [2.05, 4.69) is 44.0 Å². The molecule has 8 nitrogen and oxygen atoms in total. The molecule has 4 N–H and O–H groups in total. The second kappa shape index (κ2) is 8.49. The molecular formula is C21H26ClN7O. The molecule has 158 valence electrons. The largest absolute Gasteiger partial charge is 0.493 e. The Hall–Kier alpha value is -2.84. The van der Waals surface area contributed by atoms with Gasteiger partial charge in [0, 0.05) is 43.3 Å². The number of hydrogen-bond donors (Lipinski definition) is 3. The van der Waals surface area contributed by atoms with Crippen molar-refractivity contribution in [1.29, 1.82) is 0 Å². The number of nitrogens with two attached hydrogens (primary N) is 1. The number of aromatic amines is 1. The Balaban J connectivity index is 1.89. The van der Waals surface area contributed by atoms with Crippen LogP contribution in [-0.4, -0.2) is 54.6 Å². The fourth-order valence-corrected chi connectivity index (χ4v) is 4.33. The van der Waals surface area contributed by atoms with Crippen LogP contribution in [0.2, 0.25) is 5.02 Å². The summed E-state index contributed by atoms with van der Waals surface area (Å²) in [5.41, 5.74) is 9.30. The summed E-state index contributed by atoms with van der Waals surface area (Å²) in [4.78, 5) is 18.9. The monoisotopic (exact) mass is 427 g/mol. The first-order valence-corrected chi connectivity index (χ1v) is 10.4. The van der Waals surface area contributed by atoms with Crippen LogP contribution in [0, 0.1) is 0 Å².